The number of nitrogens with zero attached hydrogens (tertiary/aromatic N) is 2. The second-order valence-corrected chi connectivity index (χ2v) is 5.41. The van der Waals surface area contributed by atoms with Crippen molar-refractivity contribution in [2.45, 2.75) is 18.9 Å². The van der Waals surface area contributed by atoms with Gasteiger partial charge in [0.2, 0.25) is 0 Å². The Morgan fingerprint density at radius 3 is 2.89 bits per heavy atom. The van der Waals surface area contributed by atoms with Crippen molar-refractivity contribution in [2.24, 2.45) is 0 Å². The highest BCUT2D eigenvalue weighted by Crippen LogP contribution is 2.28. The number of nitrogens with one attached hydrogen (secondary N) is 1. The number of rotatable bonds is 2. The lowest BCUT2D eigenvalue weighted by molar-refractivity contribution is 0.565. The van der Waals surface area contributed by atoms with E-state index in [0.29, 0.717) is 5.69 Å². The molecule has 6 heteroatoms. The van der Waals surface area contributed by atoms with Gasteiger partial charge in [-0.2, -0.15) is 0 Å². The van der Waals surface area contributed by atoms with Crippen LogP contribution in [0.5, 0.6) is 0 Å². The third-order valence-corrected chi connectivity index (χ3v) is 3.94. The molecule has 0 amide bonds. The van der Waals surface area contributed by atoms with Crippen molar-refractivity contribution in [1.29, 1.82) is 0 Å². The van der Waals surface area contributed by atoms with Crippen LogP contribution in [0.15, 0.2) is 29.1 Å². The van der Waals surface area contributed by atoms with Gasteiger partial charge in [0.1, 0.15) is 11.6 Å². The van der Waals surface area contributed by atoms with E-state index < -0.39 is 11.6 Å². The quantitative estimate of drug-likeness (QED) is 0.857. The van der Waals surface area contributed by atoms with E-state index in [1.807, 2.05) is 0 Å². The van der Waals surface area contributed by atoms with Crippen molar-refractivity contribution in [3.8, 4) is 5.69 Å². The summed E-state index contributed by atoms with van der Waals surface area (Å²) < 4.78 is 29.1. The maximum Gasteiger partial charge on any atom is 0.150 e. The minimum atomic E-state index is -0.609. The average molecular weight is 328 g/mol. The summed E-state index contributed by atoms with van der Waals surface area (Å²) in [6.45, 7) is 0.950. The monoisotopic (exact) mass is 327 g/mol. The third kappa shape index (κ3) is 2.30. The van der Waals surface area contributed by atoms with Crippen LogP contribution in [0.4, 0.5) is 8.78 Å². The van der Waals surface area contributed by atoms with E-state index in [0.717, 1.165) is 31.1 Å². The molecule has 0 spiro atoms. The van der Waals surface area contributed by atoms with E-state index >= 15 is 0 Å². The highest BCUT2D eigenvalue weighted by molar-refractivity contribution is 9.10. The zero-order valence-corrected chi connectivity index (χ0v) is 11.6. The van der Waals surface area contributed by atoms with Crippen molar-refractivity contribution in [2.75, 3.05) is 6.54 Å². The van der Waals surface area contributed by atoms with Gasteiger partial charge in [0, 0.05) is 12.1 Å². The summed E-state index contributed by atoms with van der Waals surface area (Å²) in [4.78, 5) is 4.08. The molecule has 0 saturated carbocycles. The van der Waals surface area contributed by atoms with Crippen LogP contribution in [0.2, 0.25) is 0 Å². The minimum absolute atomic E-state index is 0.172. The fourth-order valence-electron chi connectivity index (χ4n) is 2.40. The molecule has 3 rings (SSSR count). The van der Waals surface area contributed by atoms with Gasteiger partial charge in [-0.1, -0.05) is 0 Å². The zero-order valence-electron chi connectivity index (χ0n) is 10.0. The molecular weight excluding hydrogens is 316 g/mol. The summed E-state index contributed by atoms with van der Waals surface area (Å²) in [6, 6.07) is 2.49. The van der Waals surface area contributed by atoms with Crippen molar-refractivity contribution < 1.29 is 8.78 Å². The molecule has 1 aliphatic heterocycles. The van der Waals surface area contributed by atoms with Crippen molar-refractivity contribution in [1.82, 2.24) is 14.9 Å². The summed E-state index contributed by atoms with van der Waals surface area (Å²) in [5.74, 6) is -1.21. The van der Waals surface area contributed by atoms with Crippen LogP contribution in [-0.4, -0.2) is 16.1 Å². The Hall–Kier alpha value is -1.27. The van der Waals surface area contributed by atoms with Gasteiger partial charge in [0.05, 0.1) is 28.4 Å². The lowest BCUT2D eigenvalue weighted by Gasteiger charge is -2.15. The maximum atomic E-state index is 13.9. The molecule has 1 N–H and O–H groups in total. The molecule has 1 aliphatic rings. The first-order chi connectivity index (χ1) is 9.16. The Morgan fingerprint density at radius 2 is 2.16 bits per heavy atom. The van der Waals surface area contributed by atoms with E-state index in [4.69, 9.17) is 0 Å². The number of imidazole rings is 1. The molecule has 0 radical (unpaired) electrons. The van der Waals surface area contributed by atoms with Gasteiger partial charge in [-0.25, -0.2) is 13.8 Å². The van der Waals surface area contributed by atoms with Gasteiger partial charge in [-0.15, -0.1) is 0 Å². The standard InChI is InChI=1S/C13H12BrF2N3/c14-8-4-12(10(16)5-9(8)15)19-7-17-6-13(19)11-2-1-3-18-11/h4-7,11,18H,1-3H2. The zero-order chi connectivity index (χ0) is 13.4. The molecule has 1 aromatic carbocycles. The summed E-state index contributed by atoms with van der Waals surface area (Å²) in [6.07, 6.45) is 5.36. The Bertz CT molecular complexity index is 606. The molecular formula is C13H12BrF2N3. The van der Waals surface area contributed by atoms with Crippen LogP contribution < -0.4 is 5.32 Å². The summed E-state index contributed by atoms with van der Waals surface area (Å²) in [5.41, 5.74) is 1.20. The second-order valence-electron chi connectivity index (χ2n) is 4.56. The smallest absolute Gasteiger partial charge is 0.150 e. The summed E-state index contributed by atoms with van der Waals surface area (Å²) in [5, 5.41) is 3.35. The largest absolute Gasteiger partial charge is 0.309 e. The Balaban J connectivity index is 2.07. The lowest BCUT2D eigenvalue weighted by Crippen LogP contribution is -2.16. The highest BCUT2D eigenvalue weighted by atomic mass is 79.9. The van der Waals surface area contributed by atoms with Gasteiger partial charge >= 0.3 is 0 Å². The number of aromatic nitrogens is 2. The van der Waals surface area contributed by atoms with Gasteiger partial charge in [0.15, 0.2) is 0 Å². The summed E-state index contributed by atoms with van der Waals surface area (Å²) >= 11 is 3.08. The topological polar surface area (TPSA) is 29.9 Å². The van der Waals surface area contributed by atoms with Crippen LogP contribution in [0, 0.1) is 11.6 Å². The Kier molecular flexibility index (Phi) is 3.36. The lowest BCUT2D eigenvalue weighted by atomic mass is 10.1. The molecule has 1 aromatic heterocycles. The van der Waals surface area contributed by atoms with Gasteiger partial charge < -0.3 is 5.32 Å². The van der Waals surface area contributed by atoms with Crippen molar-refractivity contribution in [3.63, 3.8) is 0 Å². The molecule has 2 aromatic rings. The summed E-state index contributed by atoms with van der Waals surface area (Å²) in [7, 11) is 0. The number of hydrogen-bond acceptors (Lipinski definition) is 2. The molecule has 100 valence electrons. The minimum Gasteiger partial charge on any atom is -0.309 e. The molecule has 1 saturated heterocycles. The Morgan fingerprint density at radius 1 is 1.32 bits per heavy atom. The van der Waals surface area contributed by atoms with Crippen LogP contribution in [0.1, 0.15) is 24.6 Å². The van der Waals surface area contributed by atoms with Crippen LogP contribution in [-0.2, 0) is 0 Å². The molecule has 1 atom stereocenters. The predicted octanol–water partition coefficient (Wildman–Crippen LogP) is 3.34. The first-order valence-corrected chi connectivity index (χ1v) is 6.86. The van der Waals surface area contributed by atoms with Crippen molar-refractivity contribution >= 4 is 15.9 Å². The molecule has 3 nitrogen and oxygen atoms in total. The van der Waals surface area contributed by atoms with E-state index in [1.165, 1.54) is 6.07 Å². The van der Waals surface area contributed by atoms with Crippen LogP contribution in [0.3, 0.4) is 0 Å². The number of halogens is 3. The van der Waals surface area contributed by atoms with Crippen molar-refractivity contribution in [3.05, 3.63) is 46.5 Å². The fraction of sp³-hybridized carbons (Fsp3) is 0.308. The number of benzene rings is 1. The maximum absolute atomic E-state index is 13.9. The van der Waals surface area contributed by atoms with E-state index in [9.17, 15) is 8.78 Å². The molecule has 1 unspecified atom stereocenters. The number of hydrogen-bond donors (Lipinski definition) is 1. The predicted molar refractivity (Wildman–Crippen MR) is 71.2 cm³/mol. The second kappa shape index (κ2) is 5.02. The normalized spacial score (nSPS) is 19.0. The van der Waals surface area contributed by atoms with E-state index in [-0.39, 0.29) is 10.5 Å². The SMILES string of the molecule is Fc1cc(F)c(-n2cncc2C2CCCN2)cc1Br. The molecule has 0 bridgehead atoms. The molecule has 2 heterocycles. The molecule has 0 aliphatic carbocycles. The molecule has 1 fully saturated rings. The average Bonchev–Trinajstić information content (AvgIpc) is 3.03. The van der Waals surface area contributed by atoms with Crippen LogP contribution in [0.25, 0.3) is 5.69 Å². The fourth-order valence-corrected chi connectivity index (χ4v) is 2.73. The van der Waals surface area contributed by atoms with Gasteiger partial charge in [0.25, 0.3) is 0 Å². The van der Waals surface area contributed by atoms with E-state index in [1.54, 1.807) is 17.1 Å². The first-order valence-electron chi connectivity index (χ1n) is 6.07. The van der Waals surface area contributed by atoms with Crippen LogP contribution >= 0.6 is 15.9 Å². The molecule has 19 heavy (non-hydrogen) atoms. The van der Waals surface area contributed by atoms with Gasteiger partial charge in [-0.3, -0.25) is 4.57 Å². The highest BCUT2D eigenvalue weighted by Gasteiger charge is 2.22. The third-order valence-electron chi connectivity index (χ3n) is 3.33. The first kappa shape index (κ1) is 12.7. The van der Waals surface area contributed by atoms with E-state index in [2.05, 4.69) is 26.2 Å². The van der Waals surface area contributed by atoms with Gasteiger partial charge in [-0.05, 0) is 41.4 Å². The Labute approximate surface area is 117 Å².